The van der Waals surface area contributed by atoms with Crippen molar-refractivity contribution in [2.75, 3.05) is 46.1 Å². The van der Waals surface area contributed by atoms with Gasteiger partial charge in [0.2, 0.25) is 5.91 Å². The summed E-state index contributed by atoms with van der Waals surface area (Å²) in [5.41, 5.74) is 0. The first-order chi connectivity index (χ1) is 12.4. The van der Waals surface area contributed by atoms with Crippen molar-refractivity contribution in [1.29, 1.82) is 0 Å². The summed E-state index contributed by atoms with van der Waals surface area (Å²) in [4.78, 5) is 11.5. The molecular weight excluding hydrogens is 348 g/mol. The van der Waals surface area contributed by atoms with Gasteiger partial charge in [-0.05, 0) is 12.8 Å². The van der Waals surface area contributed by atoms with Crippen LogP contribution in [0.25, 0.3) is 0 Å². The van der Waals surface area contributed by atoms with Gasteiger partial charge in [0, 0.05) is 32.7 Å². The molecule has 1 amide bonds. The molecule has 0 bridgehead atoms. The largest absolute Gasteiger partial charge is 0.396 e. The van der Waals surface area contributed by atoms with Gasteiger partial charge < -0.3 is 46.0 Å². The summed E-state index contributed by atoms with van der Waals surface area (Å²) < 4.78 is 5.30. The first-order valence-corrected chi connectivity index (χ1v) is 8.93. The van der Waals surface area contributed by atoms with Gasteiger partial charge in [0.05, 0.1) is 25.9 Å². The molecule has 10 heteroatoms. The zero-order valence-electron chi connectivity index (χ0n) is 15.1. The van der Waals surface area contributed by atoms with Crippen LogP contribution >= 0.6 is 0 Å². The van der Waals surface area contributed by atoms with Gasteiger partial charge in [0.25, 0.3) is 0 Å². The SMILES string of the molecule is O=C(CCCCCO)NCCOCCNC[C@H](O)[C@@H](O)[C@@H](O)[C@@H](O)CO. The number of carbonyl (C=O) groups is 1. The molecule has 0 fully saturated rings. The minimum atomic E-state index is -1.64. The maximum atomic E-state index is 11.5. The molecule has 0 heterocycles. The highest BCUT2D eigenvalue weighted by atomic mass is 16.5. The summed E-state index contributed by atoms with van der Waals surface area (Å²) in [6, 6.07) is 0. The Morgan fingerprint density at radius 2 is 1.54 bits per heavy atom. The maximum Gasteiger partial charge on any atom is 0.220 e. The molecule has 0 saturated carbocycles. The van der Waals surface area contributed by atoms with Crippen molar-refractivity contribution in [3.05, 3.63) is 0 Å². The van der Waals surface area contributed by atoms with Gasteiger partial charge in [0.15, 0.2) is 0 Å². The predicted molar refractivity (Wildman–Crippen MR) is 93.4 cm³/mol. The average molecular weight is 382 g/mol. The zero-order valence-corrected chi connectivity index (χ0v) is 15.1. The molecule has 4 atom stereocenters. The Hall–Kier alpha value is -0.850. The summed E-state index contributed by atoms with van der Waals surface area (Å²) in [5.74, 6) is -0.0506. The molecule has 0 aliphatic rings. The van der Waals surface area contributed by atoms with Crippen LogP contribution < -0.4 is 10.6 Å². The Labute approximate surface area is 153 Å². The lowest BCUT2D eigenvalue weighted by atomic mass is 10.0. The fourth-order valence-electron chi connectivity index (χ4n) is 2.11. The number of hydrogen-bond donors (Lipinski definition) is 8. The molecule has 8 N–H and O–H groups in total. The number of aliphatic hydroxyl groups is 6. The first kappa shape index (κ1) is 25.1. The van der Waals surface area contributed by atoms with Gasteiger partial charge in [-0.25, -0.2) is 0 Å². The van der Waals surface area contributed by atoms with Gasteiger partial charge in [-0.1, -0.05) is 6.42 Å². The third-order valence-corrected chi connectivity index (χ3v) is 3.73. The van der Waals surface area contributed by atoms with E-state index in [1.165, 1.54) is 0 Å². The molecular formula is C16H34N2O8. The van der Waals surface area contributed by atoms with Crippen molar-refractivity contribution in [1.82, 2.24) is 10.6 Å². The summed E-state index contributed by atoms with van der Waals surface area (Å²) in [7, 11) is 0. The van der Waals surface area contributed by atoms with E-state index in [0.717, 1.165) is 12.8 Å². The van der Waals surface area contributed by atoms with Gasteiger partial charge in [-0.2, -0.15) is 0 Å². The molecule has 0 spiro atoms. The Kier molecular flexibility index (Phi) is 15.8. The molecule has 0 aromatic carbocycles. The fraction of sp³-hybridized carbons (Fsp3) is 0.938. The van der Waals surface area contributed by atoms with Crippen LogP contribution in [0.2, 0.25) is 0 Å². The summed E-state index contributed by atoms with van der Waals surface area (Å²) in [6.45, 7) is 0.858. The van der Waals surface area contributed by atoms with E-state index in [1.807, 2.05) is 0 Å². The normalized spacial score (nSPS) is 16.1. The van der Waals surface area contributed by atoms with Crippen LogP contribution in [0.3, 0.4) is 0 Å². The monoisotopic (exact) mass is 382 g/mol. The second-order valence-corrected chi connectivity index (χ2v) is 6.00. The second-order valence-electron chi connectivity index (χ2n) is 6.00. The molecule has 0 aromatic rings. The van der Waals surface area contributed by atoms with Crippen molar-refractivity contribution in [2.24, 2.45) is 0 Å². The van der Waals surface area contributed by atoms with Crippen LogP contribution in [0, 0.1) is 0 Å². The molecule has 156 valence electrons. The number of hydrogen-bond acceptors (Lipinski definition) is 9. The fourth-order valence-corrected chi connectivity index (χ4v) is 2.11. The van der Waals surface area contributed by atoms with Crippen LogP contribution in [0.4, 0.5) is 0 Å². The van der Waals surface area contributed by atoms with Crippen LogP contribution in [0.15, 0.2) is 0 Å². The lowest BCUT2D eigenvalue weighted by Crippen LogP contribution is -2.49. The van der Waals surface area contributed by atoms with Crippen molar-refractivity contribution in [2.45, 2.75) is 50.1 Å². The Morgan fingerprint density at radius 3 is 2.19 bits per heavy atom. The Morgan fingerprint density at radius 1 is 0.885 bits per heavy atom. The second kappa shape index (κ2) is 16.3. The van der Waals surface area contributed by atoms with Crippen LogP contribution in [-0.4, -0.2) is 107 Å². The number of rotatable bonds is 17. The van der Waals surface area contributed by atoms with E-state index in [1.54, 1.807) is 0 Å². The highest BCUT2D eigenvalue weighted by molar-refractivity contribution is 5.75. The zero-order chi connectivity index (χ0) is 19.8. The van der Waals surface area contributed by atoms with Crippen LogP contribution in [0.1, 0.15) is 25.7 Å². The van der Waals surface area contributed by atoms with E-state index in [4.69, 9.17) is 14.9 Å². The molecule has 26 heavy (non-hydrogen) atoms. The smallest absolute Gasteiger partial charge is 0.220 e. The van der Waals surface area contributed by atoms with Crippen molar-refractivity contribution >= 4 is 5.91 Å². The summed E-state index contributed by atoms with van der Waals surface area (Å²) >= 11 is 0. The first-order valence-electron chi connectivity index (χ1n) is 8.93. The minimum absolute atomic E-state index is 0.0235. The van der Waals surface area contributed by atoms with Gasteiger partial charge in [-0.3, -0.25) is 4.79 Å². The quantitative estimate of drug-likeness (QED) is 0.120. The van der Waals surface area contributed by atoms with Gasteiger partial charge in [0.1, 0.15) is 18.3 Å². The molecule has 0 aliphatic heterocycles. The van der Waals surface area contributed by atoms with Crippen LogP contribution in [-0.2, 0) is 9.53 Å². The van der Waals surface area contributed by atoms with E-state index in [2.05, 4.69) is 10.6 Å². The number of aliphatic hydroxyl groups excluding tert-OH is 6. The Balaban J connectivity index is 3.54. The lowest BCUT2D eigenvalue weighted by molar-refractivity contribution is -0.121. The number of carbonyl (C=O) groups excluding carboxylic acids is 1. The van der Waals surface area contributed by atoms with Crippen molar-refractivity contribution in [3.63, 3.8) is 0 Å². The third-order valence-electron chi connectivity index (χ3n) is 3.73. The van der Waals surface area contributed by atoms with Crippen molar-refractivity contribution < 1.29 is 40.2 Å². The van der Waals surface area contributed by atoms with E-state index >= 15 is 0 Å². The minimum Gasteiger partial charge on any atom is -0.396 e. The van der Waals surface area contributed by atoms with E-state index in [-0.39, 0.29) is 19.1 Å². The molecule has 0 aromatic heterocycles. The highest BCUT2D eigenvalue weighted by Gasteiger charge is 2.29. The molecule has 0 aliphatic carbocycles. The standard InChI is InChI=1S/C16H34N2O8/c19-7-3-1-2-4-14(23)18-6-9-26-8-5-17-10-12(21)15(24)16(25)13(22)11-20/h12-13,15-17,19-22,24-25H,1-11H2,(H,18,23)/t12-,13-,15+,16-/m0/s1. The van der Waals surface area contributed by atoms with E-state index in [9.17, 15) is 25.2 Å². The lowest BCUT2D eigenvalue weighted by Gasteiger charge is -2.25. The van der Waals surface area contributed by atoms with Gasteiger partial charge >= 0.3 is 0 Å². The maximum absolute atomic E-state index is 11.5. The average Bonchev–Trinajstić information content (AvgIpc) is 2.65. The van der Waals surface area contributed by atoms with Crippen molar-refractivity contribution in [3.8, 4) is 0 Å². The molecule has 0 saturated heterocycles. The predicted octanol–water partition coefficient (Wildman–Crippen LogP) is -3.30. The third kappa shape index (κ3) is 12.5. The molecule has 0 rings (SSSR count). The molecule has 0 radical (unpaired) electrons. The summed E-state index contributed by atoms with van der Waals surface area (Å²) in [5, 5.41) is 60.8. The van der Waals surface area contributed by atoms with E-state index < -0.39 is 31.0 Å². The molecule has 0 unspecified atom stereocenters. The van der Waals surface area contributed by atoms with Crippen LogP contribution in [0.5, 0.6) is 0 Å². The number of amides is 1. The molecule has 10 nitrogen and oxygen atoms in total. The highest BCUT2D eigenvalue weighted by Crippen LogP contribution is 2.04. The van der Waals surface area contributed by atoms with Gasteiger partial charge in [-0.15, -0.1) is 0 Å². The number of unbranched alkanes of at least 4 members (excludes halogenated alkanes) is 2. The number of ether oxygens (including phenoxy) is 1. The van der Waals surface area contributed by atoms with E-state index in [0.29, 0.717) is 39.1 Å². The Bertz CT molecular complexity index is 348. The summed E-state index contributed by atoms with van der Waals surface area (Å²) in [6.07, 6.45) is -3.35. The topological polar surface area (TPSA) is 172 Å². The number of nitrogens with one attached hydrogen (secondary N) is 2.